The number of benzene rings is 1. The quantitative estimate of drug-likeness (QED) is 0.757. The molecule has 108 valence electrons. The van der Waals surface area contributed by atoms with E-state index in [4.69, 9.17) is 4.98 Å². The first-order valence-electron chi connectivity index (χ1n) is 7.21. The Morgan fingerprint density at radius 3 is 2.50 bits per heavy atom. The van der Waals surface area contributed by atoms with Gasteiger partial charge in [0.05, 0.1) is 5.69 Å². The fourth-order valence-electron chi connectivity index (χ4n) is 2.02. The SMILES string of the molecule is CCNCc1sc(-c2ccc(SCC)cc2)nc1CC. The van der Waals surface area contributed by atoms with Crippen LogP contribution in [0.2, 0.25) is 0 Å². The van der Waals surface area contributed by atoms with Gasteiger partial charge in [0.2, 0.25) is 0 Å². The highest BCUT2D eigenvalue weighted by atomic mass is 32.2. The Bertz CT molecular complexity index is 532. The van der Waals surface area contributed by atoms with E-state index in [9.17, 15) is 0 Å². The van der Waals surface area contributed by atoms with Crippen molar-refractivity contribution in [2.75, 3.05) is 12.3 Å². The van der Waals surface area contributed by atoms with Crippen LogP contribution in [0.5, 0.6) is 0 Å². The van der Waals surface area contributed by atoms with Crippen LogP contribution < -0.4 is 5.32 Å². The van der Waals surface area contributed by atoms with Crippen molar-refractivity contribution in [3.63, 3.8) is 0 Å². The summed E-state index contributed by atoms with van der Waals surface area (Å²) in [5, 5.41) is 4.54. The number of aromatic nitrogens is 1. The van der Waals surface area contributed by atoms with Crippen molar-refractivity contribution in [1.29, 1.82) is 0 Å². The molecule has 0 bridgehead atoms. The number of hydrogen-bond acceptors (Lipinski definition) is 4. The topological polar surface area (TPSA) is 24.9 Å². The zero-order chi connectivity index (χ0) is 14.4. The van der Waals surface area contributed by atoms with Crippen molar-refractivity contribution in [1.82, 2.24) is 10.3 Å². The molecule has 1 N–H and O–H groups in total. The molecule has 1 aromatic heterocycles. The van der Waals surface area contributed by atoms with Gasteiger partial charge in [-0.2, -0.15) is 0 Å². The van der Waals surface area contributed by atoms with E-state index in [0.29, 0.717) is 0 Å². The maximum absolute atomic E-state index is 4.80. The Morgan fingerprint density at radius 1 is 1.15 bits per heavy atom. The summed E-state index contributed by atoms with van der Waals surface area (Å²) in [5.74, 6) is 1.11. The van der Waals surface area contributed by atoms with E-state index in [2.05, 4.69) is 50.4 Å². The first-order chi connectivity index (χ1) is 9.78. The Kier molecular flexibility index (Phi) is 6.07. The molecule has 0 amide bonds. The number of aryl methyl sites for hydroxylation is 1. The lowest BCUT2D eigenvalue weighted by molar-refractivity contribution is 0.727. The van der Waals surface area contributed by atoms with Gasteiger partial charge in [-0.1, -0.05) is 32.9 Å². The van der Waals surface area contributed by atoms with Gasteiger partial charge in [0.15, 0.2) is 0 Å². The predicted octanol–water partition coefficient (Wildman–Crippen LogP) is 4.59. The number of nitrogens with zero attached hydrogens (tertiary/aromatic N) is 1. The molecule has 0 fully saturated rings. The van der Waals surface area contributed by atoms with Gasteiger partial charge >= 0.3 is 0 Å². The fraction of sp³-hybridized carbons (Fsp3) is 0.438. The van der Waals surface area contributed by atoms with Crippen LogP contribution in [0.4, 0.5) is 0 Å². The van der Waals surface area contributed by atoms with Crippen LogP contribution in [0.15, 0.2) is 29.2 Å². The molecule has 0 radical (unpaired) electrons. The minimum absolute atomic E-state index is 0.932. The summed E-state index contributed by atoms with van der Waals surface area (Å²) < 4.78 is 0. The fourth-order valence-corrected chi connectivity index (χ4v) is 3.81. The van der Waals surface area contributed by atoms with Crippen LogP contribution in [0.1, 0.15) is 31.3 Å². The Labute approximate surface area is 130 Å². The molecule has 2 rings (SSSR count). The van der Waals surface area contributed by atoms with Gasteiger partial charge in [-0.3, -0.25) is 0 Å². The minimum Gasteiger partial charge on any atom is -0.312 e. The second kappa shape index (κ2) is 7.81. The third-order valence-corrected chi connectivity index (χ3v) is 5.10. The molecule has 2 nitrogen and oxygen atoms in total. The van der Waals surface area contributed by atoms with E-state index in [1.54, 1.807) is 0 Å². The van der Waals surface area contributed by atoms with Crippen LogP contribution in [0.25, 0.3) is 10.6 Å². The number of hydrogen-bond donors (Lipinski definition) is 1. The smallest absolute Gasteiger partial charge is 0.123 e. The normalized spacial score (nSPS) is 10.9. The highest BCUT2D eigenvalue weighted by Gasteiger charge is 2.10. The van der Waals surface area contributed by atoms with E-state index >= 15 is 0 Å². The summed E-state index contributed by atoms with van der Waals surface area (Å²) in [6, 6.07) is 8.77. The highest BCUT2D eigenvalue weighted by Crippen LogP contribution is 2.30. The van der Waals surface area contributed by atoms with E-state index in [1.807, 2.05) is 23.1 Å². The maximum atomic E-state index is 4.80. The second-order valence-electron chi connectivity index (χ2n) is 4.48. The van der Waals surface area contributed by atoms with Gasteiger partial charge in [-0.25, -0.2) is 4.98 Å². The lowest BCUT2D eigenvalue weighted by atomic mass is 10.2. The largest absolute Gasteiger partial charge is 0.312 e. The minimum atomic E-state index is 0.932. The molecule has 0 saturated carbocycles. The molecule has 1 aromatic carbocycles. The number of nitrogens with one attached hydrogen (secondary N) is 1. The third kappa shape index (κ3) is 3.84. The van der Waals surface area contributed by atoms with Crippen LogP contribution in [-0.4, -0.2) is 17.3 Å². The summed E-state index contributed by atoms with van der Waals surface area (Å²) in [6.45, 7) is 8.42. The van der Waals surface area contributed by atoms with E-state index in [0.717, 1.165) is 30.3 Å². The first-order valence-corrected chi connectivity index (χ1v) is 9.01. The van der Waals surface area contributed by atoms with Crippen molar-refractivity contribution in [2.24, 2.45) is 0 Å². The molecule has 2 aromatic rings. The van der Waals surface area contributed by atoms with Crippen molar-refractivity contribution >= 4 is 23.1 Å². The van der Waals surface area contributed by atoms with Crippen molar-refractivity contribution < 1.29 is 0 Å². The average Bonchev–Trinajstić information content (AvgIpc) is 2.89. The van der Waals surface area contributed by atoms with E-state index in [1.165, 1.54) is 21.0 Å². The predicted molar refractivity (Wildman–Crippen MR) is 90.7 cm³/mol. The van der Waals surface area contributed by atoms with Crippen molar-refractivity contribution in [2.45, 2.75) is 38.6 Å². The first kappa shape index (κ1) is 15.5. The molecule has 0 saturated heterocycles. The van der Waals surface area contributed by atoms with Gasteiger partial charge in [0.25, 0.3) is 0 Å². The van der Waals surface area contributed by atoms with Crippen LogP contribution >= 0.6 is 23.1 Å². The van der Waals surface area contributed by atoms with Crippen LogP contribution in [0, 0.1) is 0 Å². The van der Waals surface area contributed by atoms with Crippen LogP contribution in [-0.2, 0) is 13.0 Å². The molecule has 0 aliphatic rings. The zero-order valence-electron chi connectivity index (χ0n) is 12.4. The molecule has 0 spiro atoms. The molecular weight excluding hydrogens is 284 g/mol. The number of thioether (sulfide) groups is 1. The molecule has 0 aliphatic carbocycles. The highest BCUT2D eigenvalue weighted by molar-refractivity contribution is 7.99. The Hall–Kier alpha value is -0.840. The van der Waals surface area contributed by atoms with Crippen molar-refractivity contribution in [3.8, 4) is 10.6 Å². The lowest BCUT2D eigenvalue weighted by Gasteiger charge is -2.00. The zero-order valence-corrected chi connectivity index (χ0v) is 14.0. The van der Waals surface area contributed by atoms with Crippen molar-refractivity contribution in [3.05, 3.63) is 34.8 Å². The second-order valence-corrected chi connectivity index (χ2v) is 6.90. The van der Waals surface area contributed by atoms with Crippen LogP contribution in [0.3, 0.4) is 0 Å². The Balaban J connectivity index is 2.21. The summed E-state index contributed by atoms with van der Waals surface area (Å²) in [7, 11) is 0. The van der Waals surface area contributed by atoms with Gasteiger partial charge < -0.3 is 5.32 Å². The van der Waals surface area contributed by atoms with Gasteiger partial charge in [0, 0.05) is 21.9 Å². The van der Waals surface area contributed by atoms with E-state index < -0.39 is 0 Å². The summed E-state index contributed by atoms with van der Waals surface area (Å²) in [6.07, 6.45) is 1.00. The van der Waals surface area contributed by atoms with E-state index in [-0.39, 0.29) is 0 Å². The Morgan fingerprint density at radius 2 is 1.90 bits per heavy atom. The number of rotatable bonds is 7. The number of thiazole rings is 1. The standard InChI is InChI=1S/C16H22N2S2/c1-4-14-15(11-17-5-2)20-16(18-14)12-7-9-13(10-8-12)19-6-3/h7-10,17H,4-6,11H2,1-3H3. The molecule has 0 atom stereocenters. The summed E-state index contributed by atoms with van der Waals surface area (Å²) in [4.78, 5) is 7.50. The molecule has 1 heterocycles. The monoisotopic (exact) mass is 306 g/mol. The maximum Gasteiger partial charge on any atom is 0.123 e. The molecule has 4 heteroatoms. The molecule has 20 heavy (non-hydrogen) atoms. The lowest BCUT2D eigenvalue weighted by Crippen LogP contribution is -2.11. The van der Waals surface area contributed by atoms with Gasteiger partial charge in [0.1, 0.15) is 5.01 Å². The molecular formula is C16H22N2S2. The third-order valence-electron chi connectivity index (χ3n) is 3.06. The van der Waals surface area contributed by atoms with Gasteiger partial charge in [-0.05, 0) is 30.9 Å². The molecule has 0 unspecified atom stereocenters. The average molecular weight is 307 g/mol. The molecule has 0 aliphatic heterocycles. The summed E-state index contributed by atoms with van der Waals surface area (Å²) in [5.41, 5.74) is 2.46. The summed E-state index contributed by atoms with van der Waals surface area (Å²) >= 11 is 3.69. The van der Waals surface area contributed by atoms with Gasteiger partial charge in [-0.15, -0.1) is 23.1 Å².